The summed E-state index contributed by atoms with van der Waals surface area (Å²) >= 11 is 0. The zero-order valence-electron chi connectivity index (χ0n) is 13.4. The van der Waals surface area contributed by atoms with E-state index in [1.54, 1.807) is 0 Å². The number of nitrogens with one attached hydrogen (secondary N) is 2. The average molecular weight is 326 g/mol. The lowest BCUT2D eigenvalue weighted by Gasteiger charge is -2.06. The Kier molecular flexibility index (Phi) is 4.60. The van der Waals surface area contributed by atoms with Gasteiger partial charge in [-0.2, -0.15) is 0 Å². The molecule has 2 amide bonds. The van der Waals surface area contributed by atoms with Crippen LogP contribution in [0.2, 0.25) is 0 Å². The minimum Gasteiger partial charge on any atom is -0.352 e. The minimum atomic E-state index is -0.354. The van der Waals surface area contributed by atoms with Gasteiger partial charge in [-0.05, 0) is 43.2 Å². The molecule has 0 aromatic heterocycles. The third-order valence-electron chi connectivity index (χ3n) is 4.16. The number of carbonyl (C=O) groups is 2. The second-order valence-electron chi connectivity index (χ2n) is 6.15. The molecule has 2 N–H and O–H groups in total. The molecule has 1 aliphatic carbocycles. The Hall–Kier alpha value is -2.69. The maximum atomic E-state index is 12.8. The van der Waals surface area contributed by atoms with Gasteiger partial charge in [0, 0.05) is 12.2 Å². The highest BCUT2D eigenvalue weighted by Crippen LogP contribution is 2.39. The molecule has 24 heavy (non-hydrogen) atoms. The number of aryl methyl sites for hydroxylation is 1. The number of hydrogen-bond donors (Lipinski definition) is 2. The first-order valence-electron chi connectivity index (χ1n) is 7.92. The predicted molar refractivity (Wildman–Crippen MR) is 89.7 cm³/mol. The minimum absolute atomic E-state index is 0.102. The Balaban J connectivity index is 1.47. The molecule has 0 radical (unpaired) electrons. The van der Waals surface area contributed by atoms with E-state index in [1.807, 2.05) is 31.2 Å². The van der Waals surface area contributed by atoms with Crippen LogP contribution < -0.4 is 10.6 Å². The number of rotatable bonds is 5. The summed E-state index contributed by atoms with van der Waals surface area (Å²) in [5.74, 6) is -1.25. The van der Waals surface area contributed by atoms with Gasteiger partial charge in [-0.15, -0.1) is 0 Å². The molecule has 0 saturated heterocycles. The smallest absolute Gasteiger partial charge is 0.228 e. The van der Waals surface area contributed by atoms with Gasteiger partial charge in [0.05, 0.1) is 11.8 Å². The lowest BCUT2D eigenvalue weighted by molar-refractivity contribution is -0.125. The van der Waals surface area contributed by atoms with Gasteiger partial charge in [-0.1, -0.05) is 29.8 Å². The maximum Gasteiger partial charge on any atom is 0.228 e. The standard InChI is InChI=1S/C19H19FN2O2/c1-12-2-4-13(5-3-12)11-21-18(23)16-10-17(16)19(24)22-15-8-6-14(20)7-9-15/h2-9,16-17H,10-11H2,1H3,(H,21,23)(H,22,24). The van der Waals surface area contributed by atoms with Gasteiger partial charge in [0.15, 0.2) is 0 Å². The van der Waals surface area contributed by atoms with Crippen LogP contribution in [0.15, 0.2) is 48.5 Å². The van der Waals surface area contributed by atoms with Crippen molar-refractivity contribution < 1.29 is 14.0 Å². The van der Waals surface area contributed by atoms with Crippen LogP contribution in [0.3, 0.4) is 0 Å². The molecule has 2 aromatic rings. The third kappa shape index (κ3) is 3.98. The van der Waals surface area contributed by atoms with Crippen molar-refractivity contribution >= 4 is 17.5 Å². The van der Waals surface area contributed by atoms with E-state index >= 15 is 0 Å². The van der Waals surface area contributed by atoms with Crippen molar-refractivity contribution in [3.8, 4) is 0 Å². The first-order valence-corrected chi connectivity index (χ1v) is 7.92. The number of anilines is 1. The largest absolute Gasteiger partial charge is 0.352 e. The summed E-state index contributed by atoms with van der Waals surface area (Å²) in [5, 5.41) is 5.58. The van der Waals surface area contributed by atoms with Crippen molar-refractivity contribution in [2.24, 2.45) is 11.8 Å². The summed E-state index contributed by atoms with van der Waals surface area (Å²) in [6.45, 7) is 2.47. The highest BCUT2D eigenvalue weighted by atomic mass is 19.1. The van der Waals surface area contributed by atoms with E-state index in [2.05, 4.69) is 10.6 Å². The Bertz CT molecular complexity index is 741. The van der Waals surface area contributed by atoms with Crippen LogP contribution in [-0.2, 0) is 16.1 Å². The number of carbonyl (C=O) groups excluding carboxylic acids is 2. The van der Waals surface area contributed by atoms with Gasteiger partial charge in [0.1, 0.15) is 5.82 Å². The van der Waals surface area contributed by atoms with Crippen LogP contribution in [0.1, 0.15) is 17.5 Å². The summed E-state index contributed by atoms with van der Waals surface area (Å²) < 4.78 is 12.8. The lowest BCUT2D eigenvalue weighted by atomic mass is 10.1. The van der Waals surface area contributed by atoms with Gasteiger partial charge < -0.3 is 10.6 Å². The van der Waals surface area contributed by atoms with Crippen molar-refractivity contribution in [3.05, 3.63) is 65.5 Å². The zero-order valence-corrected chi connectivity index (χ0v) is 13.4. The van der Waals surface area contributed by atoms with E-state index in [9.17, 15) is 14.0 Å². The highest BCUT2D eigenvalue weighted by Gasteiger charge is 2.47. The van der Waals surface area contributed by atoms with Crippen molar-refractivity contribution in [2.45, 2.75) is 19.9 Å². The molecule has 0 heterocycles. The van der Waals surface area contributed by atoms with E-state index in [4.69, 9.17) is 0 Å². The molecular weight excluding hydrogens is 307 g/mol. The molecule has 124 valence electrons. The average Bonchev–Trinajstić information content (AvgIpc) is 3.37. The SMILES string of the molecule is Cc1ccc(CNC(=O)C2CC2C(=O)Nc2ccc(F)cc2)cc1. The topological polar surface area (TPSA) is 58.2 Å². The van der Waals surface area contributed by atoms with Gasteiger partial charge in [0.2, 0.25) is 11.8 Å². The fourth-order valence-electron chi connectivity index (χ4n) is 2.57. The molecule has 0 aliphatic heterocycles. The summed E-state index contributed by atoms with van der Waals surface area (Å²) in [6, 6.07) is 13.5. The summed E-state index contributed by atoms with van der Waals surface area (Å²) in [5.41, 5.74) is 2.74. The monoisotopic (exact) mass is 326 g/mol. The van der Waals surface area contributed by atoms with Crippen molar-refractivity contribution in [1.29, 1.82) is 0 Å². The maximum absolute atomic E-state index is 12.8. The van der Waals surface area contributed by atoms with Gasteiger partial charge >= 0.3 is 0 Å². The van der Waals surface area contributed by atoms with E-state index in [0.717, 1.165) is 5.56 Å². The number of hydrogen-bond acceptors (Lipinski definition) is 2. The second-order valence-corrected chi connectivity index (χ2v) is 6.15. The number of halogens is 1. The third-order valence-corrected chi connectivity index (χ3v) is 4.16. The van der Waals surface area contributed by atoms with Crippen molar-refractivity contribution in [3.63, 3.8) is 0 Å². The number of amides is 2. The van der Waals surface area contributed by atoms with E-state index in [-0.39, 0.29) is 29.5 Å². The Morgan fingerprint density at radius 2 is 1.62 bits per heavy atom. The molecule has 2 unspecified atom stereocenters. The lowest BCUT2D eigenvalue weighted by Crippen LogP contribution is -2.27. The van der Waals surface area contributed by atoms with Gasteiger partial charge in [0.25, 0.3) is 0 Å². The molecule has 1 aliphatic rings. The van der Waals surface area contributed by atoms with Crippen LogP contribution in [0, 0.1) is 24.6 Å². The first-order chi connectivity index (χ1) is 11.5. The van der Waals surface area contributed by atoms with Crippen LogP contribution >= 0.6 is 0 Å². The molecular formula is C19H19FN2O2. The predicted octanol–water partition coefficient (Wildman–Crippen LogP) is 3.03. The first kappa shape index (κ1) is 16.2. The van der Waals surface area contributed by atoms with Gasteiger partial charge in [-0.3, -0.25) is 9.59 Å². The zero-order chi connectivity index (χ0) is 17.1. The van der Waals surface area contributed by atoms with Crippen molar-refractivity contribution in [2.75, 3.05) is 5.32 Å². The van der Waals surface area contributed by atoms with Crippen molar-refractivity contribution in [1.82, 2.24) is 5.32 Å². The van der Waals surface area contributed by atoms with Crippen LogP contribution in [0.25, 0.3) is 0 Å². The molecule has 1 saturated carbocycles. The van der Waals surface area contributed by atoms with Crippen LogP contribution in [0.5, 0.6) is 0 Å². The highest BCUT2D eigenvalue weighted by molar-refractivity contribution is 5.99. The van der Waals surface area contributed by atoms with E-state index < -0.39 is 0 Å². The molecule has 5 heteroatoms. The molecule has 0 bridgehead atoms. The summed E-state index contributed by atoms with van der Waals surface area (Å²) in [7, 11) is 0. The molecule has 3 rings (SSSR count). The molecule has 2 aromatic carbocycles. The van der Waals surface area contributed by atoms with Gasteiger partial charge in [-0.25, -0.2) is 4.39 Å². The fraction of sp³-hybridized carbons (Fsp3) is 0.263. The van der Waals surface area contributed by atoms with Crippen LogP contribution in [0.4, 0.5) is 10.1 Å². The molecule has 4 nitrogen and oxygen atoms in total. The Morgan fingerprint density at radius 1 is 1.00 bits per heavy atom. The van der Waals surface area contributed by atoms with E-state index in [0.29, 0.717) is 18.7 Å². The fourth-order valence-corrected chi connectivity index (χ4v) is 2.57. The quantitative estimate of drug-likeness (QED) is 0.887. The molecule has 1 fully saturated rings. The van der Waals surface area contributed by atoms with E-state index in [1.165, 1.54) is 29.8 Å². The molecule has 2 atom stereocenters. The molecule has 0 spiro atoms. The Labute approximate surface area is 140 Å². The Morgan fingerprint density at radius 3 is 2.29 bits per heavy atom. The summed E-state index contributed by atoms with van der Waals surface area (Å²) in [4.78, 5) is 24.2. The second kappa shape index (κ2) is 6.83. The summed E-state index contributed by atoms with van der Waals surface area (Å²) in [6.07, 6.45) is 0.548. The number of benzene rings is 2. The normalized spacial score (nSPS) is 18.8. The van der Waals surface area contributed by atoms with Crippen LogP contribution in [-0.4, -0.2) is 11.8 Å².